The fraction of sp³-hybridized carbons (Fsp3) is 0.619. The third kappa shape index (κ3) is 4.37. The average Bonchev–Trinajstić information content (AvgIpc) is 3.05. The lowest BCUT2D eigenvalue weighted by molar-refractivity contribution is -0.127. The van der Waals surface area contributed by atoms with E-state index in [1.165, 1.54) is 19.3 Å². The molecule has 3 rings (SSSR count). The summed E-state index contributed by atoms with van der Waals surface area (Å²) in [5, 5.41) is 3.19. The van der Waals surface area contributed by atoms with Gasteiger partial charge < -0.3 is 15.0 Å². The van der Waals surface area contributed by atoms with Crippen molar-refractivity contribution in [3.05, 3.63) is 24.3 Å². The van der Waals surface area contributed by atoms with E-state index >= 15 is 0 Å². The number of carbonyl (C=O) groups is 2. The van der Waals surface area contributed by atoms with Crippen molar-refractivity contribution in [2.45, 2.75) is 58.4 Å². The van der Waals surface area contributed by atoms with Crippen molar-refractivity contribution < 1.29 is 14.3 Å². The molecule has 1 atom stereocenters. The Morgan fingerprint density at radius 1 is 1.15 bits per heavy atom. The van der Waals surface area contributed by atoms with Crippen LogP contribution in [0.1, 0.15) is 52.4 Å². The van der Waals surface area contributed by atoms with Crippen LogP contribution in [0.15, 0.2) is 24.3 Å². The molecule has 1 saturated heterocycles. The van der Waals surface area contributed by atoms with Gasteiger partial charge in [0, 0.05) is 24.7 Å². The molecule has 2 fully saturated rings. The van der Waals surface area contributed by atoms with Crippen molar-refractivity contribution in [1.29, 1.82) is 0 Å². The van der Waals surface area contributed by atoms with Crippen LogP contribution in [-0.2, 0) is 9.59 Å². The Labute approximate surface area is 156 Å². The smallest absolute Gasteiger partial charge is 0.227 e. The highest BCUT2D eigenvalue weighted by atomic mass is 16.5. The lowest BCUT2D eigenvalue weighted by Gasteiger charge is -2.29. The number of ether oxygens (including phenoxy) is 1. The van der Waals surface area contributed by atoms with Crippen molar-refractivity contribution in [2.24, 2.45) is 11.8 Å². The van der Waals surface area contributed by atoms with Gasteiger partial charge in [0.2, 0.25) is 11.8 Å². The van der Waals surface area contributed by atoms with E-state index in [1.54, 1.807) is 4.90 Å². The Morgan fingerprint density at radius 2 is 1.85 bits per heavy atom. The second-order valence-corrected chi connectivity index (χ2v) is 7.47. The summed E-state index contributed by atoms with van der Waals surface area (Å²) in [5.41, 5.74) is 0.831. The highest BCUT2D eigenvalue weighted by Crippen LogP contribution is 2.29. The molecule has 5 heteroatoms. The quantitative estimate of drug-likeness (QED) is 0.846. The van der Waals surface area contributed by atoms with Gasteiger partial charge in [0.15, 0.2) is 0 Å². The predicted molar refractivity (Wildman–Crippen MR) is 102 cm³/mol. The van der Waals surface area contributed by atoms with E-state index in [4.69, 9.17) is 4.74 Å². The summed E-state index contributed by atoms with van der Waals surface area (Å²) in [6.07, 6.45) is 6.05. The third-order valence-corrected chi connectivity index (χ3v) is 5.73. The molecule has 0 spiro atoms. The number of amides is 2. The van der Waals surface area contributed by atoms with E-state index in [-0.39, 0.29) is 23.8 Å². The molecular weight excluding hydrogens is 328 g/mol. The number of benzene rings is 1. The minimum absolute atomic E-state index is 0.0176. The van der Waals surface area contributed by atoms with Crippen LogP contribution < -0.4 is 15.0 Å². The molecule has 1 saturated carbocycles. The molecule has 26 heavy (non-hydrogen) atoms. The molecular formula is C21H30N2O3. The van der Waals surface area contributed by atoms with E-state index in [0.29, 0.717) is 19.6 Å². The summed E-state index contributed by atoms with van der Waals surface area (Å²) >= 11 is 0. The maximum Gasteiger partial charge on any atom is 0.227 e. The number of hydrogen-bond donors (Lipinski definition) is 1. The Morgan fingerprint density at radius 3 is 2.46 bits per heavy atom. The van der Waals surface area contributed by atoms with Gasteiger partial charge in [-0.15, -0.1) is 0 Å². The van der Waals surface area contributed by atoms with Crippen LogP contribution in [0.4, 0.5) is 5.69 Å². The van der Waals surface area contributed by atoms with E-state index in [9.17, 15) is 9.59 Å². The number of nitrogens with one attached hydrogen (secondary N) is 1. The fourth-order valence-electron chi connectivity index (χ4n) is 4.06. The second-order valence-electron chi connectivity index (χ2n) is 7.47. The molecule has 1 heterocycles. The molecule has 1 aromatic rings. The first-order valence-corrected chi connectivity index (χ1v) is 9.94. The zero-order valence-electron chi connectivity index (χ0n) is 15.9. The van der Waals surface area contributed by atoms with Gasteiger partial charge in [0.05, 0.1) is 12.5 Å². The second kappa shape index (κ2) is 8.56. The normalized spacial score (nSPS) is 26.0. The summed E-state index contributed by atoms with van der Waals surface area (Å²) < 4.78 is 5.44. The zero-order valence-corrected chi connectivity index (χ0v) is 15.9. The molecule has 0 unspecified atom stereocenters. The molecule has 1 aliphatic carbocycles. The van der Waals surface area contributed by atoms with Gasteiger partial charge in [-0.3, -0.25) is 9.59 Å². The van der Waals surface area contributed by atoms with E-state index in [0.717, 1.165) is 30.2 Å². The average molecular weight is 358 g/mol. The van der Waals surface area contributed by atoms with Crippen molar-refractivity contribution in [2.75, 3.05) is 18.1 Å². The topological polar surface area (TPSA) is 58.6 Å². The van der Waals surface area contributed by atoms with Gasteiger partial charge in [-0.05, 0) is 62.8 Å². The van der Waals surface area contributed by atoms with Crippen LogP contribution in [0.5, 0.6) is 5.75 Å². The molecule has 2 aliphatic rings. The van der Waals surface area contributed by atoms with Gasteiger partial charge in [-0.2, -0.15) is 0 Å². The highest BCUT2D eigenvalue weighted by Gasteiger charge is 2.36. The number of hydrogen-bond acceptors (Lipinski definition) is 3. The molecule has 0 bridgehead atoms. The lowest BCUT2D eigenvalue weighted by atomic mass is 9.84. The van der Waals surface area contributed by atoms with Gasteiger partial charge in [0.1, 0.15) is 5.75 Å². The number of carbonyl (C=O) groups excluding carboxylic acids is 2. The van der Waals surface area contributed by atoms with Gasteiger partial charge in [-0.1, -0.05) is 13.3 Å². The molecule has 142 valence electrons. The highest BCUT2D eigenvalue weighted by molar-refractivity contribution is 6.00. The SMILES string of the molecule is CCOc1ccc(N2C[C@H](C(=O)NC3CCC(CC)CC3)CC2=O)cc1. The van der Waals surface area contributed by atoms with Gasteiger partial charge in [0.25, 0.3) is 0 Å². The Hall–Kier alpha value is -2.04. The van der Waals surface area contributed by atoms with Gasteiger partial charge >= 0.3 is 0 Å². The molecule has 1 aliphatic heterocycles. The fourth-order valence-corrected chi connectivity index (χ4v) is 4.06. The maximum atomic E-state index is 12.6. The standard InChI is InChI=1S/C21H30N2O3/c1-3-15-5-7-17(8-6-15)22-21(25)16-13-20(24)23(14-16)18-9-11-19(12-10-18)26-4-2/h9-12,15-17H,3-8,13-14H2,1-2H3,(H,22,25)/t15?,16-,17?/m1/s1. The first-order valence-electron chi connectivity index (χ1n) is 9.94. The largest absolute Gasteiger partial charge is 0.494 e. The minimum Gasteiger partial charge on any atom is -0.494 e. The summed E-state index contributed by atoms with van der Waals surface area (Å²) in [6, 6.07) is 7.78. The van der Waals surface area contributed by atoms with Crippen LogP contribution in [0.3, 0.4) is 0 Å². The monoisotopic (exact) mass is 358 g/mol. The number of anilines is 1. The van der Waals surface area contributed by atoms with Crippen LogP contribution in [0.2, 0.25) is 0 Å². The Kier molecular flexibility index (Phi) is 6.17. The van der Waals surface area contributed by atoms with Crippen molar-refractivity contribution in [3.63, 3.8) is 0 Å². The Bertz CT molecular complexity index is 621. The molecule has 1 aromatic carbocycles. The zero-order chi connectivity index (χ0) is 18.5. The van der Waals surface area contributed by atoms with Crippen molar-refractivity contribution >= 4 is 17.5 Å². The Balaban J connectivity index is 1.54. The number of rotatable bonds is 6. The lowest BCUT2D eigenvalue weighted by Crippen LogP contribution is -2.41. The van der Waals surface area contributed by atoms with Crippen LogP contribution in [0.25, 0.3) is 0 Å². The summed E-state index contributed by atoms with van der Waals surface area (Å²) in [4.78, 5) is 26.7. The summed E-state index contributed by atoms with van der Waals surface area (Å²) in [5.74, 6) is 1.40. The minimum atomic E-state index is -0.252. The van der Waals surface area contributed by atoms with Crippen LogP contribution in [0, 0.1) is 11.8 Å². The van der Waals surface area contributed by atoms with Crippen molar-refractivity contribution in [1.82, 2.24) is 5.32 Å². The molecule has 5 nitrogen and oxygen atoms in total. The molecule has 1 N–H and O–H groups in total. The molecule has 0 radical (unpaired) electrons. The third-order valence-electron chi connectivity index (χ3n) is 5.73. The first kappa shape index (κ1) is 18.7. The number of nitrogens with zero attached hydrogens (tertiary/aromatic N) is 1. The summed E-state index contributed by atoms with van der Waals surface area (Å²) in [6.45, 7) is 5.26. The van der Waals surface area contributed by atoms with E-state index in [2.05, 4.69) is 12.2 Å². The predicted octanol–water partition coefficient (Wildman–Crippen LogP) is 3.52. The van der Waals surface area contributed by atoms with E-state index < -0.39 is 0 Å². The van der Waals surface area contributed by atoms with Gasteiger partial charge in [-0.25, -0.2) is 0 Å². The van der Waals surface area contributed by atoms with Crippen LogP contribution >= 0.6 is 0 Å². The summed E-state index contributed by atoms with van der Waals surface area (Å²) in [7, 11) is 0. The van der Waals surface area contributed by atoms with Crippen LogP contribution in [-0.4, -0.2) is 31.0 Å². The van der Waals surface area contributed by atoms with Crippen molar-refractivity contribution in [3.8, 4) is 5.75 Å². The first-order chi connectivity index (χ1) is 12.6. The van der Waals surface area contributed by atoms with E-state index in [1.807, 2.05) is 31.2 Å². The maximum absolute atomic E-state index is 12.6. The molecule has 2 amide bonds. The molecule has 0 aromatic heterocycles.